The fraction of sp³-hybridized carbons (Fsp3) is 0.286. The lowest BCUT2D eigenvalue weighted by molar-refractivity contribution is 0.102. The monoisotopic (exact) mass is 336 g/mol. The predicted octanol–water partition coefficient (Wildman–Crippen LogP) is 1.15. The summed E-state index contributed by atoms with van der Waals surface area (Å²) >= 11 is 0. The molecule has 3 rings (SSSR count). The molecule has 9 heteroatoms. The lowest BCUT2D eigenvalue weighted by atomic mass is 10.2. The van der Waals surface area contributed by atoms with Crippen LogP contribution in [0.3, 0.4) is 0 Å². The summed E-state index contributed by atoms with van der Waals surface area (Å²) in [5.41, 5.74) is 1.41. The van der Waals surface area contributed by atoms with E-state index in [1.807, 2.05) is 0 Å². The number of sulfonamides is 1. The number of carbonyl (C=O) groups excluding carboxylic acids is 1. The molecule has 1 amide bonds. The van der Waals surface area contributed by atoms with Gasteiger partial charge < -0.3 is 10.4 Å². The number of phenols is 1. The van der Waals surface area contributed by atoms with Crippen LogP contribution in [0.4, 0.5) is 5.69 Å². The fourth-order valence-corrected chi connectivity index (χ4v) is 3.01. The summed E-state index contributed by atoms with van der Waals surface area (Å²) in [7, 11) is -2.58. The normalized spacial score (nSPS) is 14.7. The Hall–Kier alpha value is -2.39. The van der Waals surface area contributed by atoms with E-state index in [0.29, 0.717) is 5.92 Å². The minimum Gasteiger partial charge on any atom is -0.507 e. The number of amides is 1. The molecule has 0 saturated heterocycles. The van der Waals surface area contributed by atoms with Gasteiger partial charge in [0.2, 0.25) is 10.0 Å². The summed E-state index contributed by atoms with van der Waals surface area (Å²) in [4.78, 5) is 11.9. The second-order valence-electron chi connectivity index (χ2n) is 5.33. The molecule has 0 aliphatic heterocycles. The molecular formula is C14H16N4O4S. The number of aromatic nitrogens is 2. The van der Waals surface area contributed by atoms with Crippen LogP contribution < -0.4 is 10.0 Å². The molecule has 0 spiro atoms. The summed E-state index contributed by atoms with van der Waals surface area (Å²) < 4.78 is 25.7. The van der Waals surface area contributed by atoms with Crippen LogP contribution in [0.15, 0.2) is 29.2 Å². The van der Waals surface area contributed by atoms with Gasteiger partial charge >= 0.3 is 0 Å². The van der Waals surface area contributed by atoms with Gasteiger partial charge in [0.1, 0.15) is 10.6 Å². The van der Waals surface area contributed by atoms with Gasteiger partial charge in [0, 0.05) is 17.3 Å². The molecule has 1 saturated carbocycles. The summed E-state index contributed by atoms with van der Waals surface area (Å²) in [6, 6.07) is 5.50. The first-order valence-electron chi connectivity index (χ1n) is 7.04. The van der Waals surface area contributed by atoms with E-state index >= 15 is 0 Å². The van der Waals surface area contributed by atoms with Gasteiger partial charge in [-0.3, -0.25) is 9.89 Å². The maximum atomic E-state index is 12.2. The average molecular weight is 336 g/mol. The zero-order valence-corrected chi connectivity index (χ0v) is 13.1. The SMILES string of the molecule is CNS(=O)(=O)c1cc(NC(=O)c2cc(C3CC3)[nH]n2)ccc1O. The van der Waals surface area contributed by atoms with Crippen LogP contribution in [0.2, 0.25) is 0 Å². The lowest BCUT2D eigenvalue weighted by Gasteiger charge is -2.08. The van der Waals surface area contributed by atoms with Crippen molar-refractivity contribution in [2.75, 3.05) is 12.4 Å². The van der Waals surface area contributed by atoms with E-state index in [2.05, 4.69) is 20.2 Å². The molecule has 1 aromatic heterocycles. The zero-order valence-electron chi connectivity index (χ0n) is 12.3. The van der Waals surface area contributed by atoms with Crippen LogP contribution in [0.5, 0.6) is 5.75 Å². The van der Waals surface area contributed by atoms with E-state index in [4.69, 9.17) is 0 Å². The Balaban J connectivity index is 1.81. The van der Waals surface area contributed by atoms with Crippen LogP contribution in [-0.2, 0) is 10.0 Å². The second-order valence-corrected chi connectivity index (χ2v) is 7.18. The standard InChI is InChI=1S/C14H16N4O4S/c1-15-23(21,22)13-6-9(4-5-12(13)19)16-14(20)11-7-10(17-18-11)8-2-3-8/h4-8,15,19H,2-3H2,1H3,(H,16,20)(H,17,18). The fourth-order valence-electron chi connectivity index (χ4n) is 2.17. The van der Waals surface area contributed by atoms with E-state index in [1.165, 1.54) is 25.2 Å². The number of benzene rings is 1. The Bertz CT molecular complexity index is 855. The summed E-state index contributed by atoms with van der Waals surface area (Å²) in [5.74, 6) is -0.398. The molecule has 1 aromatic carbocycles. The highest BCUT2D eigenvalue weighted by atomic mass is 32.2. The molecule has 0 bridgehead atoms. The van der Waals surface area contributed by atoms with Crippen molar-refractivity contribution in [3.05, 3.63) is 35.7 Å². The van der Waals surface area contributed by atoms with Gasteiger partial charge in [-0.25, -0.2) is 13.1 Å². The lowest BCUT2D eigenvalue weighted by Crippen LogP contribution is -2.19. The Morgan fingerprint density at radius 2 is 2.09 bits per heavy atom. The number of aromatic amines is 1. The Morgan fingerprint density at radius 3 is 2.74 bits per heavy atom. The Labute approximate surface area is 133 Å². The molecule has 23 heavy (non-hydrogen) atoms. The first-order chi connectivity index (χ1) is 10.9. The van der Waals surface area contributed by atoms with Crippen molar-refractivity contribution in [2.45, 2.75) is 23.7 Å². The topological polar surface area (TPSA) is 124 Å². The van der Waals surface area contributed by atoms with E-state index in [1.54, 1.807) is 6.07 Å². The van der Waals surface area contributed by atoms with Gasteiger partial charge in [-0.15, -0.1) is 0 Å². The van der Waals surface area contributed by atoms with Crippen molar-refractivity contribution in [1.29, 1.82) is 0 Å². The van der Waals surface area contributed by atoms with Gasteiger partial charge in [0.05, 0.1) is 0 Å². The minimum atomic E-state index is -3.82. The largest absolute Gasteiger partial charge is 0.507 e. The van der Waals surface area contributed by atoms with Crippen LogP contribution in [0.25, 0.3) is 0 Å². The van der Waals surface area contributed by atoms with Crippen LogP contribution in [0, 0.1) is 0 Å². The molecule has 0 unspecified atom stereocenters. The van der Waals surface area contributed by atoms with Gasteiger partial charge in [-0.2, -0.15) is 5.10 Å². The average Bonchev–Trinajstić information content (AvgIpc) is 3.26. The minimum absolute atomic E-state index is 0.234. The van der Waals surface area contributed by atoms with Crippen molar-refractivity contribution in [3.8, 4) is 5.75 Å². The molecular weight excluding hydrogens is 320 g/mol. The van der Waals surface area contributed by atoms with Gasteiger partial charge in [-0.05, 0) is 44.2 Å². The smallest absolute Gasteiger partial charge is 0.276 e. The van der Waals surface area contributed by atoms with Crippen molar-refractivity contribution < 1.29 is 18.3 Å². The number of H-pyrrole nitrogens is 1. The Morgan fingerprint density at radius 1 is 1.35 bits per heavy atom. The summed E-state index contributed by atoms with van der Waals surface area (Å²) in [6.45, 7) is 0. The second kappa shape index (κ2) is 5.67. The third-order valence-corrected chi connectivity index (χ3v) is 5.07. The summed E-state index contributed by atoms with van der Waals surface area (Å²) in [6.07, 6.45) is 2.18. The molecule has 1 heterocycles. The quantitative estimate of drug-likeness (QED) is 0.610. The zero-order chi connectivity index (χ0) is 16.6. The maximum Gasteiger partial charge on any atom is 0.276 e. The number of hydrogen-bond acceptors (Lipinski definition) is 5. The first-order valence-corrected chi connectivity index (χ1v) is 8.52. The molecule has 1 aliphatic rings. The van der Waals surface area contributed by atoms with Gasteiger partial charge in [0.15, 0.2) is 5.69 Å². The van der Waals surface area contributed by atoms with Crippen molar-refractivity contribution in [3.63, 3.8) is 0 Å². The van der Waals surface area contributed by atoms with Crippen LogP contribution >= 0.6 is 0 Å². The highest BCUT2D eigenvalue weighted by molar-refractivity contribution is 7.89. The Kier molecular flexibility index (Phi) is 3.82. The summed E-state index contributed by atoms with van der Waals surface area (Å²) in [5, 5.41) is 19.0. The molecule has 8 nitrogen and oxygen atoms in total. The number of nitrogens with one attached hydrogen (secondary N) is 3. The third kappa shape index (κ3) is 3.20. The predicted molar refractivity (Wildman–Crippen MR) is 82.9 cm³/mol. The molecule has 2 aromatic rings. The number of phenolic OH excluding ortho intramolecular Hbond substituents is 1. The molecule has 122 valence electrons. The molecule has 4 N–H and O–H groups in total. The van der Waals surface area contributed by atoms with E-state index in [-0.39, 0.29) is 16.3 Å². The number of aromatic hydroxyl groups is 1. The maximum absolute atomic E-state index is 12.2. The van der Waals surface area contributed by atoms with Crippen molar-refractivity contribution in [2.24, 2.45) is 0 Å². The van der Waals surface area contributed by atoms with Crippen LogP contribution in [-0.4, -0.2) is 36.7 Å². The third-order valence-electron chi connectivity index (χ3n) is 3.62. The number of nitrogens with zero attached hydrogens (tertiary/aromatic N) is 1. The number of hydrogen-bond donors (Lipinski definition) is 4. The van der Waals surface area contributed by atoms with E-state index in [0.717, 1.165) is 18.5 Å². The highest BCUT2D eigenvalue weighted by Crippen LogP contribution is 2.39. The molecule has 1 fully saturated rings. The molecule has 1 aliphatic carbocycles. The van der Waals surface area contributed by atoms with Crippen LogP contribution in [0.1, 0.15) is 34.9 Å². The number of anilines is 1. The van der Waals surface area contributed by atoms with Gasteiger partial charge in [-0.1, -0.05) is 0 Å². The highest BCUT2D eigenvalue weighted by Gasteiger charge is 2.26. The van der Waals surface area contributed by atoms with Crippen molar-refractivity contribution in [1.82, 2.24) is 14.9 Å². The first kappa shape index (κ1) is 15.5. The molecule has 0 radical (unpaired) electrons. The number of carbonyl (C=O) groups is 1. The van der Waals surface area contributed by atoms with Gasteiger partial charge in [0.25, 0.3) is 5.91 Å². The number of rotatable bonds is 5. The van der Waals surface area contributed by atoms with E-state index in [9.17, 15) is 18.3 Å². The molecule has 0 atom stereocenters. The van der Waals surface area contributed by atoms with E-state index < -0.39 is 21.7 Å². The van der Waals surface area contributed by atoms with Crippen molar-refractivity contribution >= 4 is 21.6 Å².